The normalized spacial score (nSPS) is 18.9. The van der Waals surface area contributed by atoms with Crippen LogP contribution in [0.1, 0.15) is 12.8 Å². The van der Waals surface area contributed by atoms with E-state index in [1.54, 1.807) is 18.2 Å². The summed E-state index contributed by atoms with van der Waals surface area (Å²) in [6.45, 7) is 1.72. The molecule has 0 aromatic heterocycles. The highest BCUT2D eigenvalue weighted by Crippen LogP contribution is 2.16. The van der Waals surface area contributed by atoms with Gasteiger partial charge in [0.25, 0.3) is 0 Å². The van der Waals surface area contributed by atoms with Gasteiger partial charge in [-0.25, -0.2) is 4.39 Å². The van der Waals surface area contributed by atoms with Crippen molar-refractivity contribution in [3.8, 4) is 0 Å². The van der Waals surface area contributed by atoms with Crippen LogP contribution in [0.4, 0.5) is 10.1 Å². The summed E-state index contributed by atoms with van der Waals surface area (Å²) in [5, 5.41) is 2.59. The largest absolute Gasteiger partial charge is 0.329 e. The van der Waals surface area contributed by atoms with Crippen LogP contribution < -0.4 is 11.1 Å². The van der Waals surface area contributed by atoms with E-state index < -0.39 is 5.82 Å². The van der Waals surface area contributed by atoms with Gasteiger partial charge in [0.2, 0.25) is 5.91 Å². The molecule has 0 radical (unpaired) electrons. The Morgan fingerprint density at radius 2 is 2.21 bits per heavy atom. The molecule has 0 saturated carbocycles. The van der Waals surface area contributed by atoms with Crippen LogP contribution in [0, 0.1) is 5.82 Å². The van der Waals surface area contributed by atoms with Crippen molar-refractivity contribution >= 4 is 24.0 Å². The van der Waals surface area contributed by atoms with Crippen molar-refractivity contribution in [2.24, 2.45) is 5.73 Å². The number of carbonyl (C=O) groups excluding carboxylic acids is 1. The number of halogens is 2. The van der Waals surface area contributed by atoms with Gasteiger partial charge in [-0.3, -0.25) is 9.69 Å². The highest BCUT2D eigenvalue weighted by Gasteiger charge is 2.24. The highest BCUT2D eigenvalue weighted by atomic mass is 35.5. The Labute approximate surface area is 118 Å². The van der Waals surface area contributed by atoms with Crippen molar-refractivity contribution in [2.45, 2.75) is 18.9 Å². The molecule has 0 bridgehead atoms. The van der Waals surface area contributed by atoms with Crippen LogP contribution in [0.5, 0.6) is 0 Å². The molecule has 3 N–H and O–H groups in total. The van der Waals surface area contributed by atoms with E-state index in [2.05, 4.69) is 10.2 Å². The number of hydrogen-bond donors (Lipinski definition) is 2. The summed E-state index contributed by atoms with van der Waals surface area (Å²) in [7, 11) is 0. The van der Waals surface area contributed by atoms with E-state index in [4.69, 9.17) is 5.73 Å². The first-order chi connectivity index (χ1) is 8.70. The summed E-state index contributed by atoms with van der Waals surface area (Å²) < 4.78 is 13.4. The van der Waals surface area contributed by atoms with Crippen molar-refractivity contribution in [3.63, 3.8) is 0 Å². The first-order valence-corrected chi connectivity index (χ1v) is 6.19. The van der Waals surface area contributed by atoms with Crippen LogP contribution in [0.3, 0.4) is 0 Å². The lowest BCUT2D eigenvalue weighted by atomic mass is 10.2. The molecule has 6 heteroatoms. The molecule has 1 atom stereocenters. The van der Waals surface area contributed by atoms with Gasteiger partial charge in [-0.1, -0.05) is 12.1 Å². The third-order valence-corrected chi connectivity index (χ3v) is 3.27. The number of rotatable bonds is 4. The van der Waals surface area contributed by atoms with E-state index >= 15 is 0 Å². The summed E-state index contributed by atoms with van der Waals surface area (Å²) in [5.74, 6) is -0.608. The molecule has 2 rings (SSSR count). The lowest BCUT2D eigenvalue weighted by Gasteiger charge is -2.22. The predicted molar refractivity (Wildman–Crippen MR) is 75.9 cm³/mol. The maximum absolute atomic E-state index is 13.4. The Morgan fingerprint density at radius 3 is 2.89 bits per heavy atom. The van der Waals surface area contributed by atoms with Gasteiger partial charge in [0.1, 0.15) is 5.82 Å². The maximum atomic E-state index is 13.4. The van der Waals surface area contributed by atoms with Crippen molar-refractivity contribution in [1.82, 2.24) is 4.90 Å². The number of nitrogens with two attached hydrogens (primary N) is 1. The van der Waals surface area contributed by atoms with Crippen molar-refractivity contribution in [1.29, 1.82) is 0 Å². The van der Waals surface area contributed by atoms with E-state index in [9.17, 15) is 9.18 Å². The number of para-hydroxylation sites is 1. The number of likely N-dealkylation sites (tertiary alicyclic amines) is 1. The van der Waals surface area contributed by atoms with Gasteiger partial charge < -0.3 is 11.1 Å². The lowest BCUT2D eigenvalue weighted by molar-refractivity contribution is -0.117. The fraction of sp³-hybridized carbons (Fsp3) is 0.462. The monoisotopic (exact) mass is 287 g/mol. The molecule has 1 aliphatic rings. The molecule has 1 unspecified atom stereocenters. The molecular formula is C13H19ClFN3O. The van der Waals surface area contributed by atoms with Crippen molar-refractivity contribution < 1.29 is 9.18 Å². The zero-order chi connectivity index (χ0) is 13.0. The summed E-state index contributed by atoms with van der Waals surface area (Å²) in [6, 6.07) is 6.44. The summed E-state index contributed by atoms with van der Waals surface area (Å²) in [4.78, 5) is 13.9. The van der Waals surface area contributed by atoms with Crippen LogP contribution in [-0.4, -0.2) is 36.5 Å². The number of anilines is 1. The van der Waals surface area contributed by atoms with E-state index in [-0.39, 0.29) is 36.6 Å². The first-order valence-electron chi connectivity index (χ1n) is 6.19. The van der Waals surface area contributed by atoms with Crippen LogP contribution in [0.25, 0.3) is 0 Å². The average Bonchev–Trinajstić information content (AvgIpc) is 2.79. The summed E-state index contributed by atoms with van der Waals surface area (Å²) in [6.07, 6.45) is 2.10. The molecular weight excluding hydrogens is 269 g/mol. The molecule has 1 aromatic rings. The maximum Gasteiger partial charge on any atom is 0.238 e. The minimum atomic E-state index is -0.414. The molecule has 19 heavy (non-hydrogen) atoms. The second-order valence-electron chi connectivity index (χ2n) is 4.53. The van der Waals surface area contributed by atoms with Crippen molar-refractivity contribution in [2.75, 3.05) is 25.0 Å². The van der Waals surface area contributed by atoms with Crippen LogP contribution in [-0.2, 0) is 4.79 Å². The lowest BCUT2D eigenvalue weighted by Crippen LogP contribution is -2.40. The SMILES string of the molecule is Cl.NCC1CCCN1CC(=O)Nc1ccccc1F. The second-order valence-corrected chi connectivity index (χ2v) is 4.53. The standard InChI is InChI=1S/C13H18FN3O.ClH/c14-11-5-1-2-6-12(11)16-13(18)9-17-7-3-4-10(17)8-15;/h1-2,5-6,10H,3-4,7-9,15H2,(H,16,18);1H. The minimum absolute atomic E-state index is 0. The van der Waals surface area contributed by atoms with Crippen LogP contribution >= 0.6 is 12.4 Å². The number of carbonyl (C=O) groups is 1. The Morgan fingerprint density at radius 1 is 1.47 bits per heavy atom. The average molecular weight is 288 g/mol. The van der Waals surface area contributed by atoms with Crippen LogP contribution in [0.2, 0.25) is 0 Å². The number of benzene rings is 1. The van der Waals surface area contributed by atoms with Gasteiger partial charge in [0.15, 0.2) is 0 Å². The molecule has 1 amide bonds. The van der Waals surface area contributed by atoms with Crippen LogP contribution in [0.15, 0.2) is 24.3 Å². The molecule has 0 spiro atoms. The summed E-state index contributed by atoms with van der Waals surface area (Å²) in [5.41, 5.74) is 5.87. The van der Waals surface area contributed by atoms with Gasteiger partial charge in [-0.05, 0) is 31.5 Å². The fourth-order valence-corrected chi connectivity index (χ4v) is 2.31. The van der Waals surface area contributed by atoms with Gasteiger partial charge >= 0.3 is 0 Å². The Bertz CT molecular complexity index is 430. The number of nitrogens with zero attached hydrogens (tertiary/aromatic N) is 1. The molecule has 106 valence electrons. The first kappa shape index (κ1) is 15.9. The summed E-state index contributed by atoms with van der Waals surface area (Å²) >= 11 is 0. The Kier molecular flexibility index (Phi) is 6.21. The third kappa shape index (κ3) is 4.16. The molecule has 4 nitrogen and oxygen atoms in total. The topological polar surface area (TPSA) is 58.4 Å². The number of nitrogens with one attached hydrogen (secondary N) is 1. The third-order valence-electron chi connectivity index (χ3n) is 3.27. The van der Waals surface area contributed by atoms with Gasteiger partial charge in [0, 0.05) is 12.6 Å². The predicted octanol–water partition coefficient (Wildman–Crippen LogP) is 1.61. The molecule has 1 fully saturated rings. The minimum Gasteiger partial charge on any atom is -0.329 e. The number of hydrogen-bond acceptors (Lipinski definition) is 3. The zero-order valence-electron chi connectivity index (χ0n) is 10.6. The van der Waals surface area contributed by atoms with Crippen molar-refractivity contribution in [3.05, 3.63) is 30.1 Å². The van der Waals surface area contributed by atoms with Gasteiger partial charge in [0.05, 0.1) is 12.2 Å². The van der Waals surface area contributed by atoms with E-state index in [0.29, 0.717) is 6.54 Å². The smallest absolute Gasteiger partial charge is 0.238 e. The molecule has 1 saturated heterocycles. The van der Waals surface area contributed by atoms with E-state index in [1.165, 1.54) is 6.07 Å². The molecule has 1 heterocycles. The fourth-order valence-electron chi connectivity index (χ4n) is 2.31. The zero-order valence-corrected chi connectivity index (χ0v) is 11.5. The molecule has 1 aromatic carbocycles. The molecule has 1 aliphatic heterocycles. The number of amides is 1. The van der Waals surface area contributed by atoms with E-state index in [0.717, 1.165) is 19.4 Å². The Hall–Kier alpha value is -1.17. The highest BCUT2D eigenvalue weighted by molar-refractivity contribution is 5.92. The molecule has 0 aliphatic carbocycles. The van der Waals surface area contributed by atoms with E-state index in [1.807, 2.05) is 0 Å². The van der Waals surface area contributed by atoms with Gasteiger partial charge in [-0.15, -0.1) is 12.4 Å². The second kappa shape index (κ2) is 7.43. The Balaban J connectivity index is 0.00000180. The van der Waals surface area contributed by atoms with Gasteiger partial charge in [-0.2, -0.15) is 0 Å². The quantitative estimate of drug-likeness (QED) is 0.884.